The maximum Gasteiger partial charge on any atom is 0.0969 e. The van der Waals surface area contributed by atoms with E-state index in [2.05, 4.69) is 11.8 Å². The molecule has 0 spiro atoms. The third-order valence-electron chi connectivity index (χ3n) is 3.49. The summed E-state index contributed by atoms with van der Waals surface area (Å²) in [5, 5.41) is 0. The molecule has 0 amide bonds. The fraction of sp³-hybridized carbons (Fsp3) is 1.00. The molecular weight excluding hydrogens is 150 g/mol. The minimum absolute atomic E-state index is 0.611. The van der Waals surface area contributed by atoms with Crippen molar-refractivity contribution in [2.24, 2.45) is 5.92 Å². The van der Waals surface area contributed by atoms with Gasteiger partial charge in [-0.1, -0.05) is 0 Å². The van der Waals surface area contributed by atoms with Crippen LogP contribution < -0.4 is 0 Å². The molecule has 0 unspecified atom stereocenters. The van der Waals surface area contributed by atoms with Crippen LogP contribution in [0, 0.1) is 5.92 Å². The maximum atomic E-state index is 5.54. The summed E-state index contributed by atoms with van der Waals surface area (Å²) in [6.07, 6.45) is 5.46. The van der Waals surface area contributed by atoms with Gasteiger partial charge in [-0.05, 0) is 32.1 Å². The number of epoxide rings is 1. The van der Waals surface area contributed by atoms with Gasteiger partial charge in [0.25, 0.3) is 0 Å². The van der Waals surface area contributed by atoms with Crippen LogP contribution in [0.5, 0.6) is 0 Å². The highest BCUT2D eigenvalue weighted by atomic mass is 16.6. The van der Waals surface area contributed by atoms with E-state index in [0.717, 1.165) is 12.0 Å². The van der Waals surface area contributed by atoms with Crippen LogP contribution in [0.3, 0.4) is 0 Å². The van der Waals surface area contributed by atoms with Crippen molar-refractivity contribution >= 4 is 0 Å². The first-order valence-corrected chi connectivity index (χ1v) is 5.22. The molecule has 3 aliphatic rings. The summed E-state index contributed by atoms with van der Waals surface area (Å²) in [7, 11) is 0. The SMILES string of the molecule is C[C@@H]1C[C@H]2O[C@@H]2CN1CC1CC1. The van der Waals surface area contributed by atoms with Crippen molar-refractivity contribution in [1.29, 1.82) is 0 Å². The first kappa shape index (κ1) is 7.34. The molecule has 68 valence electrons. The van der Waals surface area contributed by atoms with Crippen molar-refractivity contribution in [3.8, 4) is 0 Å². The predicted molar refractivity (Wildman–Crippen MR) is 47.0 cm³/mol. The molecule has 3 rings (SSSR count). The van der Waals surface area contributed by atoms with Crippen LogP contribution in [0.1, 0.15) is 26.2 Å². The van der Waals surface area contributed by atoms with E-state index < -0.39 is 0 Å². The highest BCUT2D eigenvalue weighted by Crippen LogP contribution is 2.37. The van der Waals surface area contributed by atoms with Gasteiger partial charge in [0.15, 0.2) is 0 Å². The van der Waals surface area contributed by atoms with Gasteiger partial charge in [0.2, 0.25) is 0 Å². The van der Waals surface area contributed by atoms with E-state index in [0.29, 0.717) is 12.2 Å². The zero-order valence-electron chi connectivity index (χ0n) is 7.70. The molecule has 2 aliphatic heterocycles. The van der Waals surface area contributed by atoms with Gasteiger partial charge in [-0.15, -0.1) is 0 Å². The average Bonchev–Trinajstić information content (AvgIpc) is 2.85. The molecule has 0 aromatic carbocycles. The van der Waals surface area contributed by atoms with E-state index in [-0.39, 0.29) is 0 Å². The zero-order valence-corrected chi connectivity index (χ0v) is 7.70. The third kappa shape index (κ3) is 1.27. The van der Waals surface area contributed by atoms with Crippen molar-refractivity contribution in [3.63, 3.8) is 0 Å². The molecule has 3 atom stereocenters. The molecule has 0 aromatic heterocycles. The summed E-state index contributed by atoms with van der Waals surface area (Å²) in [6.45, 7) is 4.90. The summed E-state index contributed by atoms with van der Waals surface area (Å²) in [6, 6.07) is 0.773. The van der Waals surface area contributed by atoms with Gasteiger partial charge in [0.05, 0.1) is 12.2 Å². The molecule has 0 N–H and O–H groups in total. The number of piperidine rings is 1. The number of nitrogens with zero attached hydrogens (tertiary/aromatic N) is 1. The van der Waals surface area contributed by atoms with Gasteiger partial charge in [-0.25, -0.2) is 0 Å². The highest BCUT2D eigenvalue weighted by molar-refractivity contribution is 4.97. The Morgan fingerprint density at radius 3 is 2.92 bits per heavy atom. The maximum absolute atomic E-state index is 5.54. The van der Waals surface area contributed by atoms with Gasteiger partial charge in [-0.3, -0.25) is 4.90 Å². The van der Waals surface area contributed by atoms with Gasteiger partial charge in [-0.2, -0.15) is 0 Å². The largest absolute Gasteiger partial charge is 0.368 e. The lowest BCUT2D eigenvalue weighted by Crippen LogP contribution is -2.42. The summed E-state index contributed by atoms with van der Waals surface area (Å²) >= 11 is 0. The molecular formula is C10H17NO. The molecule has 2 nitrogen and oxygen atoms in total. The lowest BCUT2D eigenvalue weighted by molar-refractivity contribution is 0.171. The van der Waals surface area contributed by atoms with Crippen molar-refractivity contribution in [2.75, 3.05) is 13.1 Å². The fourth-order valence-corrected chi connectivity index (χ4v) is 2.33. The number of hydrogen-bond donors (Lipinski definition) is 0. The van der Waals surface area contributed by atoms with E-state index in [1.807, 2.05) is 0 Å². The lowest BCUT2D eigenvalue weighted by atomic mass is 10.0. The highest BCUT2D eigenvalue weighted by Gasteiger charge is 2.46. The molecule has 1 saturated carbocycles. The van der Waals surface area contributed by atoms with Gasteiger partial charge < -0.3 is 4.74 Å². The van der Waals surface area contributed by atoms with Crippen LogP contribution in [-0.2, 0) is 4.74 Å². The van der Waals surface area contributed by atoms with Crippen LogP contribution in [0.15, 0.2) is 0 Å². The molecule has 3 fully saturated rings. The van der Waals surface area contributed by atoms with E-state index >= 15 is 0 Å². The second-order valence-corrected chi connectivity index (χ2v) is 4.69. The topological polar surface area (TPSA) is 15.8 Å². The minimum Gasteiger partial charge on any atom is -0.368 e. The fourth-order valence-electron chi connectivity index (χ4n) is 2.33. The molecule has 0 radical (unpaired) electrons. The van der Waals surface area contributed by atoms with E-state index in [4.69, 9.17) is 4.74 Å². The van der Waals surface area contributed by atoms with Gasteiger partial charge in [0.1, 0.15) is 0 Å². The minimum atomic E-state index is 0.611. The number of likely N-dealkylation sites (tertiary alicyclic amines) is 1. The Bertz CT molecular complexity index is 188. The monoisotopic (exact) mass is 167 g/mol. The molecule has 2 heteroatoms. The molecule has 2 heterocycles. The molecule has 1 aliphatic carbocycles. The normalized spacial score (nSPS) is 47.2. The smallest absolute Gasteiger partial charge is 0.0969 e. The van der Waals surface area contributed by atoms with Crippen LogP contribution in [0.2, 0.25) is 0 Å². The Morgan fingerprint density at radius 1 is 1.33 bits per heavy atom. The van der Waals surface area contributed by atoms with Crippen molar-refractivity contribution in [3.05, 3.63) is 0 Å². The van der Waals surface area contributed by atoms with Crippen molar-refractivity contribution in [1.82, 2.24) is 4.90 Å². The number of fused-ring (bicyclic) bond motifs is 1. The van der Waals surface area contributed by atoms with Gasteiger partial charge >= 0.3 is 0 Å². The second kappa shape index (κ2) is 2.46. The second-order valence-electron chi connectivity index (χ2n) is 4.69. The van der Waals surface area contributed by atoms with Crippen LogP contribution >= 0.6 is 0 Å². The standard InChI is InChI=1S/C10H17NO/c1-7-4-9-10(12-9)6-11(7)5-8-2-3-8/h7-10H,2-6H2,1H3/t7-,9-,10-/m1/s1. The molecule has 0 aromatic rings. The van der Waals surface area contributed by atoms with Crippen molar-refractivity contribution in [2.45, 2.75) is 44.4 Å². The first-order chi connectivity index (χ1) is 5.83. The quantitative estimate of drug-likeness (QED) is 0.575. The number of ether oxygens (including phenoxy) is 1. The zero-order chi connectivity index (χ0) is 8.13. The van der Waals surface area contributed by atoms with E-state index in [9.17, 15) is 0 Å². The Morgan fingerprint density at radius 2 is 2.17 bits per heavy atom. The predicted octanol–water partition coefficient (Wildman–Crippen LogP) is 1.26. The summed E-state index contributed by atoms with van der Waals surface area (Å²) in [5.41, 5.74) is 0. The third-order valence-corrected chi connectivity index (χ3v) is 3.49. The summed E-state index contributed by atoms with van der Waals surface area (Å²) in [4.78, 5) is 2.63. The van der Waals surface area contributed by atoms with Crippen LogP contribution in [0.25, 0.3) is 0 Å². The van der Waals surface area contributed by atoms with E-state index in [1.54, 1.807) is 0 Å². The van der Waals surface area contributed by atoms with Crippen LogP contribution in [0.4, 0.5) is 0 Å². The van der Waals surface area contributed by atoms with E-state index in [1.165, 1.54) is 32.4 Å². The summed E-state index contributed by atoms with van der Waals surface area (Å²) < 4.78 is 5.54. The van der Waals surface area contributed by atoms with Gasteiger partial charge in [0, 0.05) is 19.1 Å². The Balaban J connectivity index is 1.59. The molecule has 0 bridgehead atoms. The Labute approximate surface area is 73.9 Å². The Kier molecular flexibility index (Phi) is 1.50. The lowest BCUT2D eigenvalue weighted by Gasteiger charge is -2.30. The number of rotatable bonds is 2. The average molecular weight is 167 g/mol. The number of hydrogen-bond acceptors (Lipinski definition) is 2. The first-order valence-electron chi connectivity index (χ1n) is 5.22. The van der Waals surface area contributed by atoms with Crippen LogP contribution in [-0.4, -0.2) is 36.2 Å². The Hall–Kier alpha value is -0.0800. The molecule has 2 saturated heterocycles. The molecule has 12 heavy (non-hydrogen) atoms. The van der Waals surface area contributed by atoms with Crippen molar-refractivity contribution < 1.29 is 4.74 Å². The summed E-state index contributed by atoms with van der Waals surface area (Å²) in [5.74, 6) is 1.03.